The third-order valence-electron chi connectivity index (χ3n) is 7.53. The first-order chi connectivity index (χ1) is 20.3. The summed E-state index contributed by atoms with van der Waals surface area (Å²) in [6.07, 6.45) is 0. The van der Waals surface area contributed by atoms with Gasteiger partial charge in [0.2, 0.25) is 0 Å². The summed E-state index contributed by atoms with van der Waals surface area (Å²) in [6, 6.07) is 48.7. The summed E-state index contributed by atoms with van der Waals surface area (Å²) in [7, 11) is 0. The highest BCUT2D eigenvalue weighted by Gasteiger charge is 2.13. The molecule has 41 heavy (non-hydrogen) atoms. The van der Waals surface area contributed by atoms with Gasteiger partial charge in [0.25, 0.3) is 0 Å². The lowest BCUT2D eigenvalue weighted by Gasteiger charge is -2.10. The summed E-state index contributed by atoms with van der Waals surface area (Å²) in [5.74, 6) is 1.99. The number of rotatable bonds is 4. The lowest BCUT2D eigenvalue weighted by molar-refractivity contribution is 1.07. The maximum absolute atomic E-state index is 4.89. The Morgan fingerprint density at radius 1 is 0.366 bits per heavy atom. The summed E-state index contributed by atoms with van der Waals surface area (Å²) in [6.45, 7) is 0. The van der Waals surface area contributed by atoms with E-state index in [4.69, 9.17) is 15.0 Å². The topological polar surface area (TPSA) is 38.7 Å². The second-order valence-corrected chi connectivity index (χ2v) is 11.2. The third-order valence-corrected chi connectivity index (χ3v) is 8.66. The van der Waals surface area contributed by atoms with Crippen LogP contribution in [-0.2, 0) is 0 Å². The molecule has 0 saturated heterocycles. The van der Waals surface area contributed by atoms with Crippen LogP contribution < -0.4 is 0 Å². The normalized spacial score (nSPS) is 11.4. The van der Waals surface area contributed by atoms with Crippen LogP contribution in [0.1, 0.15) is 0 Å². The van der Waals surface area contributed by atoms with Gasteiger partial charge >= 0.3 is 0 Å². The zero-order valence-corrected chi connectivity index (χ0v) is 22.8. The van der Waals surface area contributed by atoms with Gasteiger partial charge in [-0.2, -0.15) is 0 Å². The maximum atomic E-state index is 4.89. The highest BCUT2D eigenvalue weighted by Crippen LogP contribution is 2.39. The van der Waals surface area contributed by atoms with Gasteiger partial charge in [0, 0.05) is 36.9 Å². The van der Waals surface area contributed by atoms with E-state index in [1.165, 1.54) is 42.1 Å². The van der Waals surface area contributed by atoms with E-state index in [9.17, 15) is 0 Å². The van der Waals surface area contributed by atoms with Crippen LogP contribution in [0, 0.1) is 0 Å². The Kier molecular flexibility index (Phi) is 5.64. The molecule has 0 fully saturated rings. The number of fused-ring (bicyclic) bond motifs is 4. The summed E-state index contributed by atoms with van der Waals surface area (Å²) in [5.41, 5.74) is 5.27. The molecule has 0 radical (unpaired) electrons. The van der Waals surface area contributed by atoms with Gasteiger partial charge < -0.3 is 0 Å². The van der Waals surface area contributed by atoms with Crippen LogP contribution in [0.3, 0.4) is 0 Å². The first-order valence-corrected chi connectivity index (χ1v) is 14.4. The predicted molar refractivity (Wildman–Crippen MR) is 172 cm³/mol. The lowest BCUT2D eigenvalue weighted by atomic mass is 9.96. The van der Waals surface area contributed by atoms with Crippen LogP contribution in [0.25, 0.3) is 76.2 Å². The number of hydrogen-bond acceptors (Lipinski definition) is 4. The van der Waals surface area contributed by atoms with E-state index in [0.29, 0.717) is 17.5 Å². The molecular weight excluding hydrogens is 518 g/mol. The first kappa shape index (κ1) is 23.7. The van der Waals surface area contributed by atoms with E-state index < -0.39 is 0 Å². The fraction of sp³-hybridized carbons (Fsp3) is 0. The quantitative estimate of drug-likeness (QED) is 0.222. The average Bonchev–Trinajstić information content (AvgIpc) is 3.41. The minimum Gasteiger partial charge on any atom is -0.208 e. The average molecular weight is 542 g/mol. The van der Waals surface area contributed by atoms with Crippen molar-refractivity contribution in [3.05, 3.63) is 140 Å². The van der Waals surface area contributed by atoms with Crippen LogP contribution in [0.15, 0.2) is 140 Å². The van der Waals surface area contributed by atoms with Gasteiger partial charge in [-0.25, -0.2) is 15.0 Å². The standard InChI is InChI=1S/C37H23N3S/c1-3-10-25(11-4-1)35-38-36(26-12-5-2-6-13-26)40-37(39-35)27-20-18-24(19-21-27)29-16-9-14-28-22-34-32(23-31(28)29)30-15-7-8-17-33(30)41-34/h1-23H. The second kappa shape index (κ2) is 9.77. The molecule has 0 aliphatic heterocycles. The predicted octanol–water partition coefficient (Wildman–Crippen LogP) is 10.1. The van der Waals surface area contributed by atoms with Gasteiger partial charge in [-0.3, -0.25) is 0 Å². The molecule has 0 N–H and O–H groups in total. The molecule has 8 rings (SSSR count). The molecule has 2 heterocycles. The summed E-state index contributed by atoms with van der Waals surface area (Å²) < 4.78 is 2.65. The molecule has 0 aliphatic rings. The van der Waals surface area contributed by atoms with Crippen molar-refractivity contribution >= 4 is 42.3 Å². The fourth-order valence-corrected chi connectivity index (χ4v) is 6.62. The van der Waals surface area contributed by atoms with E-state index >= 15 is 0 Å². The van der Waals surface area contributed by atoms with Crippen LogP contribution in [0.4, 0.5) is 0 Å². The Morgan fingerprint density at radius 2 is 0.927 bits per heavy atom. The minimum atomic E-state index is 0.661. The first-order valence-electron chi connectivity index (χ1n) is 13.6. The van der Waals surface area contributed by atoms with Crippen molar-refractivity contribution < 1.29 is 0 Å². The van der Waals surface area contributed by atoms with E-state index in [-0.39, 0.29) is 0 Å². The molecule has 0 atom stereocenters. The van der Waals surface area contributed by atoms with Crippen molar-refractivity contribution in [2.75, 3.05) is 0 Å². The molecule has 2 aromatic heterocycles. The third kappa shape index (κ3) is 4.26. The van der Waals surface area contributed by atoms with Crippen LogP contribution >= 0.6 is 11.3 Å². The zero-order chi connectivity index (χ0) is 27.2. The van der Waals surface area contributed by atoms with E-state index in [2.05, 4.69) is 78.9 Å². The van der Waals surface area contributed by atoms with Crippen molar-refractivity contribution in [1.29, 1.82) is 0 Å². The van der Waals surface area contributed by atoms with Crippen molar-refractivity contribution in [2.45, 2.75) is 0 Å². The van der Waals surface area contributed by atoms with Gasteiger partial charge in [-0.15, -0.1) is 11.3 Å². The van der Waals surface area contributed by atoms with Crippen LogP contribution in [0.5, 0.6) is 0 Å². The molecule has 0 amide bonds. The summed E-state index contributed by atoms with van der Waals surface area (Å²) in [5, 5.41) is 5.14. The smallest absolute Gasteiger partial charge is 0.164 e. The molecule has 0 saturated carbocycles. The Morgan fingerprint density at radius 3 is 1.59 bits per heavy atom. The van der Waals surface area contributed by atoms with Gasteiger partial charge in [0.05, 0.1) is 0 Å². The van der Waals surface area contributed by atoms with E-state index in [1.807, 2.05) is 72.0 Å². The Balaban J connectivity index is 1.24. The summed E-state index contributed by atoms with van der Waals surface area (Å²) in [4.78, 5) is 14.6. The van der Waals surface area contributed by atoms with Crippen molar-refractivity contribution in [3.8, 4) is 45.3 Å². The molecule has 6 aromatic carbocycles. The molecule has 3 nitrogen and oxygen atoms in total. The zero-order valence-electron chi connectivity index (χ0n) is 22.0. The summed E-state index contributed by atoms with van der Waals surface area (Å²) >= 11 is 1.86. The number of benzene rings is 6. The van der Waals surface area contributed by atoms with Gasteiger partial charge in [-0.1, -0.05) is 121 Å². The molecular formula is C37H23N3S. The van der Waals surface area contributed by atoms with Crippen molar-refractivity contribution in [1.82, 2.24) is 15.0 Å². The van der Waals surface area contributed by atoms with Crippen molar-refractivity contribution in [3.63, 3.8) is 0 Å². The highest BCUT2D eigenvalue weighted by atomic mass is 32.1. The fourth-order valence-electron chi connectivity index (χ4n) is 5.48. The molecule has 8 aromatic rings. The number of aromatic nitrogens is 3. The van der Waals surface area contributed by atoms with Crippen LogP contribution in [-0.4, -0.2) is 15.0 Å². The molecule has 0 aliphatic carbocycles. The molecule has 192 valence electrons. The number of thiophene rings is 1. The Bertz CT molecular complexity index is 2130. The van der Waals surface area contributed by atoms with Gasteiger partial charge in [0.1, 0.15) is 0 Å². The largest absolute Gasteiger partial charge is 0.208 e. The van der Waals surface area contributed by atoms with Gasteiger partial charge in [0.15, 0.2) is 17.5 Å². The van der Waals surface area contributed by atoms with Gasteiger partial charge in [-0.05, 0) is 40.1 Å². The molecule has 0 unspecified atom stereocenters. The van der Waals surface area contributed by atoms with Crippen LogP contribution in [0.2, 0.25) is 0 Å². The maximum Gasteiger partial charge on any atom is 0.164 e. The van der Waals surface area contributed by atoms with E-state index in [1.54, 1.807) is 0 Å². The second-order valence-electron chi connectivity index (χ2n) is 10.1. The lowest BCUT2D eigenvalue weighted by Crippen LogP contribution is -2.00. The van der Waals surface area contributed by atoms with E-state index in [0.717, 1.165) is 16.7 Å². The minimum absolute atomic E-state index is 0.661. The molecule has 0 spiro atoms. The molecule has 4 heteroatoms. The Labute approximate surface area is 241 Å². The monoisotopic (exact) mass is 541 g/mol. The Hall–Kier alpha value is -5.19. The SMILES string of the molecule is c1ccc(-c2nc(-c3ccccc3)nc(-c3ccc(-c4cccc5cc6sc7ccccc7c6cc45)cc3)n2)cc1. The van der Waals surface area contributed by atoms with Crippen molar-refractivity contribution in [2.24, 2.45) is 0 Å². The number of nitrogens with zero attached hydrogens (tertiary/aromatic N) is 3. The molecule has 0 bridgehead atoms. The highest BCUT2D eigenvalue weighted by molar-refractivity contribution is 7.25. The number of hydrogen-bond donors (Lipinski definition) is 0.